The van der Waals surface area contributed by atoms with Gasteiger partial charge in [-0.2, -0.15) is 0 Å². The summed E-state index contributed by atoms with van der Waals surface area (Å²) in [5.74, 6) is -1.37. The van der Waals surface area contributed by atoms with Gasteiger partial charge in [-0.15, -0.1) is 0 Å². The first kappa shape index (κ1) is 37.1. The number of nitrogens with one attached hydrogen (secondary N) is 2. The molecule has 0 radical (unpaired) electrons. The number of hydrogen-bond acceptors (Lipinski definition) is 5. The molecule has 0 bridgehead atoms. The molecule has 1 saturated heterocycles. The van der Waals surface area contributed by atoms with Gasteiger partial charge < -0.3 is 34.1 Å². The molecule has 1 fully saturated rings. The molecule has 1 spiro atoms. The molecule has 4 aromatic carbocycles. The van der Waals surface area contributed by atoms with Gasteiger partial charge in [-0.3, -0.25) is 14.4 Å². The minimum atomic E-state index is -3.56. The molecule has 3 aliphatic heterocycles. The Morgan fingerprint density at radius 2 is 1.80 bits per heavy atom. The lowest BCUT2D eigenvalue weighted by Gasteiger charge is -2.37. The molecule has 0 unspecified atom stereocenters. The third-order valence-electron chi connectivity index (χ3n) is 11.8. The van der Waals surface area contributed by atoms with E-state index in [0.29, 0.717) is 34.9 Å². The van der Waals surface area contributed by atoms with Crippen LogP contribution in [0.1, 0.15) is 41.2 Å². The average molecular weight is 779 g/mol. The number of aliphatic hydroxyl groups excluding tert-OH is 1. The highest BCUT2D eigenvalue weighted by Crippen LogP contribution is 2.60. The minimum absolute atomic E-state index is 0.126. The summed E-state index contributed by atoms with van der Waals surface area (Å²) in [5.41, 5.74) is 4.23. The summed E-state index contributed by atoms with van der Waals surface area (Å²) in [6.45, 7) is 5.36. The van der Waals surface area contributed by atoms with Crippen LogP contribution in [0.3, 0.4) is 0 Å². The Bertz CT molecular complexity index is 2310. The normalized spacial score (nSPS) is 23.3. The van der Waals surface area contributed by atoms with E-state index in [1.807, 2.05) is 85.9 Å². The zero-order chi connectivity index (χ0) is 38.6. The van der Waals surface area contributed by atoms with Gasteiger partial charge in [0.05, 0.1) is 43.8 Å². The number of carbonyl (C=O) groups is 3. The third-order valence-corrected chi connectivity index (χ3v) is 14.5. The van der Waals surface area contributed by atoms with Crippen LogP contribution in [0, 0.1) is 5.92 Å². The van der Waals surface area contributed by atoms with Gasteiger partial charge in [-0.25, -0.2) is 0 Å². The molecule has 55 heavy (non-hydrogen) atoms. The molecule has 1 aromatic heterocycles. The molecular weight excluding hydrogens is 735 g/mol. The van der Waals surface area contributed by atoms with Gasteiger partial charge in [0.15, 0.2) is 5.60 Å². The Hall–Kier alpha value is -4.81. The molecular formula is C43H44ClFN4O5Si. The quantitative estimate of drug-likeness (QED) is 0.105. The number of anilines is 2. The number of para-hydroxylation sites is 1. The van der Waals surface area contributed by atoms with E-state index >= 15 is 4.11 Å². The fourth-order valence-corrected chi connectivity index (χ4v) is 12.0. The highest BCUT2D eigenvalue weighted by molar-refractivity contribution is 6.72. The van der Waals surface area contributed by atoms with Gasteiger partial charge in [-0.1, -0.05) is 73.1 Å². The van der Waals surface area contributed by atoms with Crippen molar-refractivity contribution < 1.29 is 28.3 Å². The van der Waals surface area contributed by atoms with E-state index in [4.69, 9.17) is 16.3 Å². The lowest BCUT2D eigenvalue weighted by molar-refractivity contribution is -0.151. The van der Waals surface area contributed by atoms with Crippen LogP contribution in [0.15, 0.2) is 97.2 Å². The smallest absolute Gasteiger partial charge is 0.264 e. The lowest BCUT2D eigenvalue weighted by atomic mass is 9.82. The van der Waals surface area contributed by atoms with Crippen molar-refractivity contribution in [1.82, 2.24) is 9.88 Å². The third kappa shape index (κ3) is 6.67. The van der Waals surface area contributed by atoms with Gasteiger partial charge in [0.2, 0.25) is 20.2 Å². The van der Waals surface area contributed by atoms with Crippen molar-refractivity contribution >= 4 is 60.0 Å². The number of amides is 3. The molecule has 0 aliphatic carbocycles. The van der Waals surface area contributed by atoms with Crippen molar-refractivity contribution in [3.05, 3.63) is 130 Å². The minimum Gasteiger partial charge on any atom is -0.394 e. The van der Waals surface area contributed by atoms with E-state index in [2.05, 4.69) is 10.3 Å². The fraction of sp³-hybridized carbons (Fsp3) is 0.326. The molecule has 284 valence electrons. The van der Waals surface area contributed by atoms with Crippen LogP contribution in [-0.2, 0) is 50.7 Å². The number of aromatic amines is 1. The SMILES string of the molecule is C[C@H]1[C@H]([Si](C)(C)F)[C@@H](CC(=O)N2Cc3ccccc3C[C@H]2CO)O[C@]12C(=O)N(Cc1cccc(NC(=O)Cc3c[nH]c4ccccc34)c1)c1ccc(Cl)cc12. The number of carbonyl (C=O) groups excluding carboxylic acids is 3. The van der Waals surface area contributed by atoms with Gasteiger partial charge in [-0.05, 0) is 78.2 Å². The molecule has 0 saturated carbocycles. The number of halogens is 2. The summed E-state index contributed by atoms with van der Waals surface area (Å²) in [6, 6.07) is 27.9. The Balaban J connectivity index is 1.05. The first-order valence-corrected chi connectivity index (χ1v) is 22.1. The maximum absolute atomic E-state index is 16.5. The zero-order valence-corrected chi connectivity index (χ0v) is 32.8. The number of aliphatic hydroxyl groups is 1. The van der Waals surface area contributed by atoms with Crippen molar-refractivity contribution in [1.29, 1.82) is 0 Å². The van der Waals surface area contributed by atoms with Gasteiger partial charge in [0.25, 0.3) is 5.91 Å². The molecule has 4 heterocycles. The van der Waals surface area contributed by atoms with Crippen LogP contribution < -0.4 is 10.2 Å². The van der Waals surface area contributed by atoms with E-state index in [-0.39, 0.29) is 43.7 Å². The zero-order valence-electron chi connectivity index (χ0n) is 31.0. The lowest BCUT2D eigenvalue weighted by Crippen LogP contribution is -2.48. The van der Waals surface area contributed by atoms with E-state index in [1.165, 1.54) is 0 Å². The Morgan fingerprint density at radius 3 is 2.58 bits per heavy atom. The number of fused-ring (bicyclic) bond motifs is 4. The number of nitrogens with zero attached hydrogens (tertiary/aromatic N) is 2. The van der Waals surface area contributed by atoms with E-state index in [9.17, 15) is 19.5 Å². The van der Waals surface area contributed by atoms with Crippen LogP contribution in [0.2, 0.25) is 23.7 Å². The largest absolute Gasteiger partial charge is 0.394 e. The summed E-state index contributed by atoms with van der Waals surface area (Å²) in [6.07, 6.45) is 1.55. The fourth-order valence-electron chi connectivity index (χ4n) is 9.29. The van der Waals surface area contributed by atoms with Crippen molar-refractivity contribution in [2.75, 3.05) is 16.8 Å². The topological polar surface area (TPSA) is 115 Å². The highest BCUT2D eigenvalue weighted by atomic mass is 35.5. The molecule has 9 nitrogen and oxygen atoms in total. The number of rotatable bonds is 9. The monoisotopic (exact) mass is 778 g/mol. The van der Waals surface area contributed by atoms with Crippen molar-refractivity contribution in [2.45, 2.75) is 75.7 Å². The molecule has 3 aliphatic rings. The summed E-state index contributed by atoms with van der Waals surface area (Å²) in [5, 5.41) is 14.7. The second kappa shape index (κ2) is 14.4. The van der Waals surface area contributed by atoms with Crippen LogP contribution in [0.5, 0.6) is 0 Å². The van der Waals surface area contributed by atoms with Crippen LogP contribution in [0.4, 0.5) is 15.5 Å². The number of hydrogen-bond donors (Lipinski definition) is 3. The molecule has 3 N–H and O–H groups in total. The maximum Gasteiger partial charge on any atom is 0.264 e. The van der Waals surface area contributed by atoms with Crippen LogP contribution in [0.25, 0.3) is 10.9 Å². The molecule has 5 aromatic rings. The number of benzene rings is 4. The number of H-pyrrole nitrogens is 1. The van der Waals surface area contributed by atoms with Gasteiger partial charge in [0.1, 0.15) is 0 Å². The highest BCUT2D eigenvalue weighted by Gasteiger charge is 2.67. The number of ether oxygens (including phenoxy) is 1. The summed E-state index contributed by atoms with van der Waals surface area (Å²) < 4.78 is 23.4. The second-order valence-electron chi connectivity index (χ2n) is 15.6. The van der Waals surface area contributed by atoms with Crippen LogP contribution in [-0.4, -0.2) is 59.9 Å². The summed E-state index contributed by atoms with van der Waals surface area (Å²) >= 11 is 6.58. The Morgan fingerprint density at radius 1 is 1.04 bits per heavy atom. The molecule has 3 amide bonds. The van der Waals surface area contributed by atoms with Crippen molar-refractivity contribution in [3.8, 4) is 0 Å². The molecule has 12 heteroatoms. The maximum atomic E-state index is 16.5. The van der Waals surface area contributed by atoms with Crippen molar-refractivity contribution in [2.24, 2.45) is 5.92 Å². The second-order valence-corrected chi connectivity index (χ2v) is 19.9. The Labute approximate surface area is 325 Å². The van der Waals surface area contributed by atoms with Crippen LogP contribution >= 0.6 is 11.6 Å². The van der Waals surface area contributed by atoms with Gasteiger partial charge >= 0.3 is 0 Å². The molecule has 5 atom stereocenters. The average Bonchev–Trinajstić information content (AvgIpc) is 3.77. The summed E-state index contributed by atoms with van der Waals surface area (Å²) in [7, 11) is -3.56. The number of aromatic nitrogens is 1. The van der Waals surface area contributed by atoms with Gasteiger partial charge in [0, 0.05) is 51.4 Å². The molecule has 8 rings (SSSR count). The van der Waals surface area contributed by atoms with Crippen molar-refractivity contribution in [3.63, 3.8) is 0 Å². The Kier molecular flexibility index (Phi) is 9.69. The standard InChI is InChI=1S/C43H44ClFN4O5Si/c1-26-41(55(2,3)45)38(21-40(52)48-24-29-11-5-4-10-28(29)18-33(48)25-50)54-43(26)35-20-31(44)15-16-37(35)49(42(43)53)23-27-9-8-12-32(17-27)47-39(51)19-30-22-46-36-14-7-6-13-34(30)36/h4-17,20,22,26,33,38,41,46,50H,18-19,21,23-25H2,1-3H3,(H,47,51)/t26-,33-,38+,41-,43+/m0/s1. The predicted molar refractivity (Wildman–Crippen MR) is 214 cm³/mol. The predicted octanol–water partition coefficient (Wildman–Crippen LogP) is 7.66. The first-order chi connectivity index (χ1) is 26.4. The summed E-state index contributed by atoms with van der Waals surface area (Å²) in [4.78, 5) is 48.8. The van der Waals surface area contributed by atoms with E-state index in [0.717, 1.165) is 33.2 Å². The van der Waals surface area contributed by atoms with E-state index in [1.54, 1.807) is 41.1 Å². The first-order valence-electron chi connectivity index (χ1n) is 18.8. The van der Waals surface area contributed by atoms with E-state index < -0.39 is 37.6 Å².